The molecular formula is C20H26N2O4. The lowest BCUT2D eigenvalue weighted by molar-refractivity contribution is 0.0294. The fourth-order valence-electron chi connectivity index (χ4n) is 2.42. The Balaban J connectivity index is 1.84. The van der Waals surface area contributed by atoms with Gasteiger partial charge in [-0.05, 0) is 30.2 Å². The second kappa shape index (κ2) is 10.4. The minimum absolute atomic E-state index is 0.0635. The van der Waals surface area contributed by atoms with Crippen LogP contribution in [0.3, 0.4) is 0 Å². The van der Waals surface area contributed by atoms with Crippen molar-refractivity contribution in [1.82, 2.24) is 10.6 Å². The molecule has 1 atom stereocenters. The Morgan fingerprint density at radius 2 is 1.77 bits per heavy atom. The lowest BCUT2D eigenvalue weighted by Gasteiger charge is -2.19. The van der Waals surface area contributed by atoms with Gasteiger partial charge >= 0.3 is 6.03 Å². The standard InChI is InChI=1S/C20H26N2O4/c1-15-3-7-17(8-4-15)19(26-12-11-23)14-22-20(24)21-13-16-5-9-18(25-2)10-6-16/h3-10,19,23H,11-14H2,1-2H3,(H2,21,22,24). The van der Waals surface area contributed by atoms with Crippen LogP contribution in [0, 0.1) is 6.92 Å². The van der Waals surface area contributed by atoms with Gasteiger partial charge in [0, 0.05) is 13.1 Å². The van der Waals surface area contributed by atoms with E-state index in [1.165, 1.54) is 0 Å². The first kappa shape index (κ1) is 19.8. The van der Waals surface area contributed by atoms with Gasteiger partial charge in [0.1, 0.15) is 5.75 Å². The van der Waals surface area contributed by atoms with Crippen LogP contribution >= 0.6 is 0 Å². The van der Waals surface area contributed by atoms with Gasteiger partial charge in [-0.2, -0.15) is 0 Å². The van der Waals surface area contributed by atoms with Crippen LogP contribution in [0.4, 0.5) is 4.79 Å². The molecule has 0 aromatic heterocycles. The van der Waals surface area contributed by atoms with Crippen molar-refractivity contribution in [2.45, 2.75) is 19.6 Å². The van der Waals surface area contributed by atoms with Crippen LogP contribution in [0.2, 0.25) is 0 Å². The molecule has 2 rings (SSSR count). The first-order valence-electron chi connectivity index (χ1n) is 8.56. The largest absolute Gasteiger partial charge is 0.497 e. The van der Waals surface area contributed by atoms with Gasteiger partial charge in [-0.15, -0.1) is 0 Å². The van der Waals surface area contributed by atoms with E-state index in [-0.39, 0.29) is 25.3 Å². The molecule has 0 spiro atoms. The SMILES string of the molecule is COc1ccc(CNC(=O)NCC(OCCO)c2ccc(C)cc2)cc1. The van der Waals surface area contributed by atoms with Gasteiger partial charge in [-0.1, -0.05) is 42.0 Å². The number of methoxy groups -OCH3 is 1. The molecule has 2 aromatic rings. The summed E-state index contributed by atoms with van der Waals surface area (Å²) < 4.78 is 10.8. The zero-order valence-electron chi connectivity index (χ0n) is 15.2. The molecule has 140 valence electrons. The van der Waals surface area contributed by atoms with Crippen molar-refractivity contribution in [3.63, 3.8) is 0 Å². The summed E-state index contributed by atoms with van der Waals surface area (Å²) in [4.78, 5) is 12.1. The number of aliphatic hydroxyl groups excluding tert-OH is 1. The van der Waals surface area contributed by atoms with E-state index in [4.69, 9.17) is 14.6 Å². The summed E-state index contributed by atoms with van der Waals surface area (Å²) in [5.41, 5.74) is 3.09. The molecule has 0 radical (unpaired) electrons. The van der Waals surface area contributed by atoms with E-state index in [2.05, 4.69) is 10.6 Å². The lowest BCUT2D eigenvalue weighted by Crippen LogP contribution is -2.38. The molecule has 3 N–H and O–H groups in total. The van der Waals surface area contributed by atoms with Crippen LogP contribution in [0.5, 0.6) is 5.75 Å². The number of ether oxygens (including phenoxy) is 2. The number of carbonyl (C=O) groups is 1. The summed E-state index contributed by atoms with van der Waals surface area (Å²) in [5.74, 6) is 0.778. The molecule has 0 saturated carbocycles. The number of benzene rings is 2. The summed E-state index contributed by atoms with van der Waals surface area (Å²) >= 11 is 0. The zero-order chi connectivity index (χ0) is 18.8. The normalized spacial score (nSPS) is 11.7. The smallest absolute Gasteiger partial charge is 0.315 e. The first-order chi connectivity index (χ1) is 12.6. The van der Waals surface area contributed by atoms with Crippen LogP contribution in [0.25, 0.3) is 0 Å². The van der Waals surface area contributed by atoms with Gasteiger partial charge < -0.3 is 25.2 Å². The van der Waals surface area contributed by atoms with Gasteiger partial charge in [0.05, 0.1) is 26.4 Å². The fraction of sp³-hybridized carbons (Fsp3) is 0.350. The third kappa shape index (κ3) is 6.38. The molecule has 0 aliphatic rings. The highest BCUT2D eigenvalue weighted by atomic mass is 16.5. The Morgan fingerprint density at radius 3 is 2.38 bits per heavy atom. The number of amides is 2. The van der Waals surface area contributed by atoms with Crippen molar-refractivity contribution in [3.8, 4) is 5.75 Å². The molecule has 26 heavy (non-hydrogen) atoms. The Hall–Kier alpha value is -2.57. The third-order valence-corrected chi connectivity index (χ3v) is 3.92. The number of urea groups is 1. The number of rotatable bonds is 9. The molecule has 0 fully saturated rings. The van der Waals surface area contributed by atoms with E-state index in [9.17, 15) is 4.79 Å². The van der Waals surface area contributed by atoms with Gasteiger partial charge in [0.25, 0.3) is 0 Å². The molecule has 2 amide bonds. The molecule has 1 unspecified atom stereocenters. The van der Waals surface area contributed by atoms with E-state index < -0.39 is 0 Å². The van der Waals surface area contributed by atoms with Gasteiger partial charge in [0.2, 0.25) is 0 Å². The van der Waals surface area contributed by atoms with Gasteiger partial charge in [0.15, 0.2) is 0 Å². The molecule has 0 heterocycles. The highest BCUT2D eigenvalue weighted by Crippen LogP contribution is 2.17. The van der Waals surface area contributed by atoms with Crippen LogP contribution in [-0.2, 0) is 11.3 Å². The van der Waals surface area contributed by atoms with Gasteiger partial charge in [-0.25, -0.2) is 4.79 Å². The summed E-state index contributed by atoms with van der Waals surface area (Å²) in [5, 5.41) is 14.6. The maximum Gasteiger partial charge on any atom is 0.315 e. The van der Waals surface area contributed by atoms with Crippen LogP contribution in [-0.4, -0.2) is 38.0 Å². The number of carbonyl (C=O) groups excluding carboxylic acids is 1. The molecule has 0 aliphatic heterocycles. The number of nitrogens with one attached hydrogen (secondary N) is 2. The van der Waals surface area contributed by atoms with Crippen molar-refractivity contribution >= 4 is 6.03 Å². The van der Waals surface area contributed by atoms with Crippen molar-refractivity contribution in [3.05, 3.63) is 65.2 Å². The highest BCUT2D eigenvalue weighted by molar-refractivity contribution is 5.73. The predicted octanol–water partition coefficient (Wildman–Crippen LogP) is 2.55. The maximum atomic E-state index is 12.1. The number of hydrogen-bond donors (Lipinski definition) is 3. The maximum absolute atomic E-state index is 12.1. The summed E-state index contributed by atoms with van der Waals surface area (Å²) in [6.45, 7) is 2.90. The van der Waals surface area contributed by atoms with Crippen LogP contribution < -0.4 is 15.4 Å². The highest BCUT2D eigenvalue weighted by Gasteiger charge is 2.13. The second-order valence-corrected chi connectivity index (χ2v) is 5.91. The Bertz CT molecular complexity index is 671. The van der Waals surface area contributed by atoms with E-state index in [0.717, 1.165) is 22.4 Å². The topological polar surface area (TPSA) is 79.8 Å². The average Bonchev–Trinajstić information content (AvgIpc) is 2.67. The van der Waals surface area contributed by atoms with Crippen molar-refractivity contribution in [1.29, 1.82) is 0 Å². The Labute approximate surface area is 154 Å². The number of aryl methyl sites for hydroxylation is 1. The molecule has 6 heteroatoms. The molecule has 2 aromatic carbocycles. The minimum Gasteiger partial charge on any atom is -0.497 e. The Kier molecular flexibility index (Phi) is 7.92. The van der Waals surface area contributed by atoms with E-state index in [1.807, 2.05) is 55.5 Å². The molecule has 0 bridgehead atoms. The lowest BCUT2D eigenvalue weighted by atomic mass is 10.1. The molecule has 6 nitrogen and oxygen atoms in total. The van der Waals surface area contributed by atoms with Crippen molar-refractivity contribution in [2.75, 3.05) is 26.9 Å². The predicted molar refractivity (Wildman–Crippen MR) is 100 cm³/mol. The summed E-state index contributed by atoms with van der Waals surface area (Å²) in [6, 6.07) is 15.2. The summed E-state index contributed by atoms with van der Waals surface area (Å²) in [6.07, 6.45) is -0.311. The Morgan fingerprint density at radius 1 is 1.08 bits per heavy atom. The van der Waals surface area contributed by atoms with Crippen LogP contribution in [0.1, 0.15) is 22.8 Å². The van der Waals surface area contributed by atoms with E-state index in [1.54, 1.807) is 7.11 Å². The zero-order valence-corrected chi connectivity index (χ0v) is 15.2. The second-order valence-electron chi connectivity index (χ2n) is 5.91. The van der Waals surface area contributed by atoms with Crippen LogP contribution in [0.15, 0.2) is 48.5 Å². The molecule has 0 aliphatic carbocycles. The van der Waals surface area contributed by atoms with Crippen molar-refractivity contribution in [2.24, 2.45) is 0 Å². The van der Waals surface area contributed by atoms with Crippen molar-refractivity contribution < 1.29 is 19.4 Å². The number of hydrogen-bond acceptors (Lipinski definition) is 4. The average molecular weight is 358 g/mol. The molecular weight excluding hydrogens is 332 g/mol. The fourth-order valence-corrected chi connectivity index (χ4v) is 2.42. The quantitative estimate of drug-likeness (QED) is 0.644. The molecule has 0 saturated heterocycles. The third-order valence-electron chi connectivity index (χ3n) is 3.92. The van der Waals surface area contributed by atoms with E-state index >= 15 is 0 Å². The summed E-state index contributed by atoms with van der Waals surface area (Å²) in [7, 11) is 1.62. The minimum atomic E-state index is -0.311. The monoisotopic (exact) mass is 358 g/mol. The first-order valence-corrected chi connectivity index (χ1v) is 8.56. The van der Waals surface area contributed by atoms with E-state index in [0.29, 0.717) is 13.1 Å². The van der Waals surface area contributed by atoms with Gasteiger partial charge in [-0.3, -0.25) is 0 Å². The number of aliphatic hydroxyl groups is 1.